The summed E-state index contributed by atoms with van der Waals surface area (Å²) in [6, 6.07) is 11.5. The van der Waals surface area contributed by atoms with Gasteiger partial charge in [-0.05, 0) is 55.0 Å². The lowest BCUT2D eigenvalue weighted by Gasteiger charge is -2.18. The number of fused-ring (bicyclic) bond motifs is 1. The van der Waals surface area contributed by atoms with E-state index in [2.05, 4.69) is 0 Å². The van der Waals surface area contributed by atoms with Crippen molar-refractivity contribution in [2.75, 3.05) is 13.2 Å². The molecule has 0 amide bonds. The van der Waals surface area contributed by atoms with Gasteiger partial charge >= 0.3 is 6.18 Å². The van der Waals surface area contributed by atoms with Crippen molar-refractivity contribution >= 4 is 0 Å². The smallest absolute Gasteiger partial charge is 0.416 e. The van der Waals surface area contributed by atoms with Crippen molar-refractivity contribution in [3.05, 3.63) is 59.2 Å². The number of unbranched alkanes of at least 4 members (excludes halogenated alkanes) is 1. The molecular formula is C19H19F3O2. The van der Waals surface area contributed by atoms with Crippen LogP contribution in [0.2, 0.25) is 0 Å². The van der Waals surface area contributed by atoms with Crippen molar-refractivity contribution in [3.8, 4) is 11.5 Å². The number of ether oxygens (including phenoxy) is 2. The average molecular weight is 336 g/mol. The first-order valence-electron chi connectivity index (χ1n) is 8.07. The largest absolute Gasteiger partial charge is 0.486 e. The number of aryl methyl sites for hydroxylation is 2. The van der Waals surface area contributed by atoms with Crippen molar-refractivity contribution in [1.29, 1.82) is 0 Å². The lowest BCUT2D eigenvalue weighted by molar-refractivity contribution is -0.137. The maximum Gasteiger partial charge on any atom is 0.416 e. The van der Waals surface area contributed by atoms with Crippen molar-refractivity contribution in [3.63, 3.8) is 0 Å². The van der Waals surface area contributed by atoms with Crippen LogP contribution in [-0.2, 0) is 19.0 Å². The van der Waals surface area contributed by atoms with Gasteiger partial charge in [0.15, 0.2) is 11.5 Å². The zero-order valence-corrected chi connectivity index (χ0v) is 13.2. The second-order valence-corrected chi connectivity index (χ2v) is 5.88. The van der Waals surface area contributed by atoms with E-state index in [-0.39, 0.29) is 0 Å². The molecule has 1 aliphatic rings. The Morgan fingerprint density at radius 2 is 1.46 bits per heavy atom. The molecule has 128 valence electrons. The standard InChI is InChI=1S/C19H19F3O2/c20-19(21,22)16-7-3-6-14(12-16)4-1-2-5-15-8-9-17-18(13-15)24-11-10-23-17/h3,6-9,12-13H,1-2,4-5,10-11H2. The highest BCUT2D eigenvalue weighted by Gasteiger charge is 2.30. The summed E-state index contributed by atoms with van der Waals surface area (Å²) >= 11 is 0. The minimum atomic E-state index is -4.28. The molecule has 2 aromatic carbocycles. The Bertz CT molecular complexity index is 695. The topological polar surface area (TPSA) is 18.5 Å². The molecule has 0 aliphatic carbocycles. The summed E-state index contributed by atoms with van der Waals surface area (Å²) in [6.45, 7) is 1.13. The van der Waals surface area contributed by atoms with E-state index in [0.717, 1.165) is 48.0 Å². The summed E-state index contributed by atoms with van der Waals surface area (Å²) in [5.41, 5.74) is 1.31. The molecule has 2 nitrogen and oxygen atoms in total. The normalized spacial score (nSPS) is 13.8. The zero-order valence-electron chi connectivity index (χ0n) is 13.2. The first-order valence-corrected chi connectivity index (χ1v) is 8.07. The highest BCUT2D eigenvalue weighted by atomic mass is 19.4. The molecule has 0 saturated carbocycles. The van der Waals surface area contributed by atoms with Crippen LogP contribution >= 0.6 is 0 Å². The Labute approximate surface area is 139 Å². The van der Waals surface area contributed by atoms with Gasteiger partial charge in [-0.2, -0.15) is 13.2 Å². The lowest BCUT2D eigenvalue weighted by atomic mass is 10.0. The summed E-state index contributed by atoms with van der Waals surface area (Å²) in [4.78, 5) is 0. The molecule has 0 bridgehead atoms. The van der Waals surface area contributed by atoms with Gasteiger partial charge in [0.05, 0.1) is 5.56 Å². The van der Waals surface area contributed by atoms with E-state index in [1.165, 1.54) is 12.1 Å². The van der Waals surface area contributed by atoms with Crippen LogP contribution in [-0.4, -0.2) is 13.2 Å². The minimum absolute atomic E-state index is 0.562. The summed E-state index contributed by atoms with van der Waals surface area (Å²) in [6.07, 6.45) is -1.00. The number of alkyl halides is 3. The molecule has 0 N–H and O–H groups in total. The maximum absolute atomic E-state index is 12.7. The summed E-state index contributed by atoms with van der Waals surface area (Å²) < 4.78 is 49.1. The van der Waals surface area contributed by atoms with E-state index in [9.17, 15) is 13.2 Å². The number of benzene rings is 2. The minimum Gasteiger partial charge on any atom is -0.486 e. The van der Waals surface area contributed by atoms with Crippen LogP contribution < -0.4 is 9.47 Å². The van der Waals surface area contributed by atoms with Gasteiger partial charge in [-0.15, -0.1) is 0 Å². The van der Waals surface area contributed by atoms with Crippen LogP contribution in [0, 0.1) is 0 Å². The number of hydrogen-bond donors (Lipinski definition) is 0. The van der Waals surface area contributed by atoms with Gasteiger partial charge in [-0.25, -0.2) is 0 Å². The molecule has 2 aromatic rings. The summed E-state index contributed by atoms with van der Waals surface area (Å²) in [7, 11) is 0. The molecule has 0 spiro atoms. The fourth-order valence-corrected chi connectivity index (χ4v) is 2.80. The van der Waals surface area contributed by atoms with E-state index in [1.54, 1.807) is 6.07 Å². The van der Waals surface area contributed by atoms with E-state index < -0.39 is 11.7 Å². The van der Waals surface area contributed by atoms with E-state index in [1.807, 2.05) is 18.2 Å². The molecule has 1 heterocycles. The van der Waals surface area contributed by atoms with Crippen LogP contribution in [0.25, 0.3) is 0 Å². The third kappa shape index (κ3) is 4.22. The van der Waals surface area contributed by atoms with E-state index >= 15 is 0 Å². The van der Waals surface area contributed by atoms with Crippen LogP contribution in [0.5, 0.6) is 11.5 Å². The van der Waals surface area contributed by atoms with Gasteiger partial charge in [0.2, 0.25) is 0 Å². The first kappa shape index (κ1) is 16.7. The van der Waals surface area contributed by atoms with Crippen molar-refractivity contribution in [1.82, 2.24) is 0 Å². The molecule has 1 aliphatic heterocycles. The Morgan fingerprint density at radius 1 is 0.792 bits per heavy atom. The van der Waals surface area contributed by atoms with Gasteiger partial charge in [-0.3, -0.25) is 0 Å². The molecule has 0 unspecified atom stereocenters. The third-order valence-electron chi connectivity index (χ3n) is 4.04. The molecule has 0 saturated heterocycles. The lowest BCUT2D eigenvalue weighted by Crippen LogP contribution is -2.15. The van der Waals surface area contributed by atoms with Crippen molar-refractivity contribution in [2.45, 2.75) is 31.9 Å². The predicted octanol–water partition coefficient (Wildman–Crippen LogP) is 5.04. The Balaban J connectivity index is 1.51. The first-order chi connectivity index (χ1) is 11.5. The molecule has 5 heteroatoms. The number of hydrogen-bond acceptors (Lipinski definition) is 2. The molecule has 0 fully saturated rings. The second-order valence-electron chi connectivity index (χ2n) is 5.88. The van der Waals surface area contributed by atoms with E-state index in [4.69, 9.17) is 9.47 Å². The average Bonchev–Trinajstić information content (AvgIpc) is 2.58. The Morgan fingerprint density at radius 3 is 2.17 bits per heavy atom. The van der Waals surface area contributed by atoms with Gasteiger partial charge < -0.3 is 9.47 Å². The Kier molecular flexibility index (Phi) is 4.97. The van der Waals surface area contributed by atoms with Crippen molar-refractivity contribution < 1.29 is 22.6 Å². The van der Waals surface area contributed by atoms with Gasteiger partial charge in [0.1, 0.15) is 13.2 Å². The second kappa shape index (κ2) is 7.16. The fraction of sp³-hybridized carbons (Fsp3) is 0.368. The molecule has 3 rings (SSSR count). The zero-order chi connectivity index (χ0) is 17.0. The third-order valence-corrected chi connectivity index (χ3v) is 4.04. The van der Waals surface area contributed by atoms with Crippen LogP contribution in [0.1, 0.15) is 29.5 Å². The molecule has 24 heavy (non-hydrogen) atoms. The molecular weight excluding hydrogens is 317 g/mol. The van der Waals surface area contributed by atoms with Crippen LogP contribution in [0.15, 0.2) is 42.5 Å². The SMILES string of the molecule is FC(F)(F)c1cccc(CCCCc2ccc3c(c2)OCCO3)c1. The molecule has 0 aromatic heterocycles. The summed E-state index contributed by atoms with van der Waals surface area (Å²) in [5.74, 6) is 1.55. The summed E-state index contributed by atoms with van der Waals surface area (Å²) in [5, 5.41) is 0. The predicted molar refractivity (Wildman–Crippen MR) is 85.5 cm³/mol. The van der Waals surface area contributed by atoms with Gasteiger partial charge in [0.25, 0.3) is 0 Å². The highest BCUT2D eigenvalue weighted by molar-refractivity contribution is 5.43. The fourth-order valence-electron chi connectivity index (χ4n) is 2.80. The van der Waals surface area contributed by atoms with Crippen LogP contribution in [0.3, 0.4) is 0 Å². The molecule has 0 radical (unpaired) electrons. The quantitative estimate of drug-likeness (QED) is 0.712. The highest BCUT2D eigenvalue weighted by Crippen LogP contribution is 2.32. The van der Waals surface area contributed by atoms with Crippen molar-refractivity contribution in [2.24, 2.45) is 0 Å². The van der Waals surface area contributed by atoms with Gasteiger partial charge in [0, 0.05) is 0 Å². The maximum atomic E-state index is 12.7. The monoisotopic (exact) mass is 336 g/mol. The number of halogens is 3. The number of rotatable bonds is 5. The van der Waals surface area contributed by atoms with Gasteiger partial charge in [-0.1, -0.05) is 24.3 Å². The van der Waals surface area contributed by atoms with Crippen LogP contribution in [0.4, 0.5) is 13.2 Å². The molecule has 0 atom stereocenters. The Hall–Kier alpha value is -2.17. The van der Waals surface area contributed by atoms with E-state index in [0.29, 0.717) is 19.6 Å².